The predicted octanol–water partition coefficient (Wildman–Crippen LogP) is 3.40. The van der Waals surface area contributed by atoms with Crippen molar-refractivity contribution < 1.29 is 9.18 Å². The van der Waals surface area contributed by atoms with E-state index in [0.29, 0.717) is 30.7 Å². The van der Waals surface area contributed by atoms with Gasteiger partial charge in [-0.1, -0.05) is 50.7 Å². The number of nitrogens with one attached hydrogen (secondary N) is 1. The van der Waals surface area contributed by atoms with Gasteiger partial charge in [-0.25, -0.2) is 14.2 Å². The van der Waals surface area contributed by atoms with Gasteiger partial charge < -0.3 is 9.88 Å². The number of amides is 1. The molecule has 0 fully saturated rings. The molecule has 184 valence electrons. The average molecular weight is 472 g/mol. The van der Waals surface area contributed by atoms with Gasteiger partial charge in [0.05, 0.1) is 6.33 Å². The number of unbranched alkanes of at least 4 members (excludes halogenated alkanes) is 7. The quantitative estimate of drug-likeness (QED) is 0.387. The lowest BCUT2D eigenvalue weighted by Gasteiger charge is -2.08. The fourth-order valence-corrected chi connectivity index (χ4v) is 4.10. The minimum absolute atomic E-state index is 0.0232. The zero-order chi connectivity index (χ0) is 24.5. The second-order valence-electron chi connectivity index (χ2n) is 8.81. The van der Waals surface area contributed by atoms with Crippen molar-refractivity contribution in [2.45, 2.75) is 70.9 Å². The first kappa shape index (κ1) is 25.4. The number of benzene rings is 1. The predicted molar refractivity (Wildman–Crippen MR) is 130 cm³/mol. The van der Waals surface area contributed by atoms with E-state index in [1.54, 1.807) is 37.1 Å². The number of carbonyl (C=O) groups excluding carboxylic acids is 1. The Morgan fingerprint density at radius 1 is 0.941 bits per heavy atom. The summed E-state index contributed by atoms with van der Waals surface area (Å²) < 4.78 is 17.3. The van der Waals surface area contributed by atoms with Crippen molar-refractivity contribution >= 4 is 17.1 Å². The summed E-state index contributed by atoms with van der Waals surface area (Å²) in [5, 5.41) is 2.87. The highest BCUT2D eigenvalue weighted by atomic mass is 19.1. The second kappa shape index (κ2) is 12.3. The zero-order valence-electron chi connectivity index (χ0n) is 20.1. The summed E-state index contributed by atoms with van der Waals surface area (Å²) in [6.45, 7) is 0.840. The van der Waals surface area contributed by atoms with Crippen molar-refractivity contribution in [1.29, 1.82) is 0 Å². The molecule has 0 bridgehead atoms. The maximum atomic E-state index is 12.9. The summed E-state index contributed by atoms with van der Waals surface area (Å²) in [5.74, 6) is -0.256. The fraction of sp³-hybridized carbons (Fsp3) is 0.520. The van der Waals surface area contributed by atoms with E-state index in [9.17, 15) is 18.8 Å². The van der Waals surface area contributed by atoms with Crippen molar-refractivity contribution in [1.82, 2.24) is 24.0 Å². The maximum absolute atomic E-state index is 12.9. The highest BCUT2D eigenvalue weighted by Crippen LogP contribution is 2.11. The lowest BCUT2D eigenvalue weighted by molar-refractivity contribution is -0.121. The van der Waals surface area contributed by atoms with E-state index in [1.807, 2.05) is 0 Å². The van der Waals surface area contributed by atoms with Gasteiger partial charge in [-0.15, -0.1) is 0 Å². The summed E-state index contributed by atoms with van der Waals surface area (Å²) in [6, 6.07) is 6.13. The Hall–Kier alpha value is -3.23. The Kier molecular flexibility index (Phi) is 9.18. The molecule has 2 aromatic heterocycles. The lowest BCUT2D eigenvalue weighted by Crippen LogP contribution is -2.39. The van der Waals surface area contributed by atoms with Crippen LogP contribution in [0, 0.1) is 5.82 Å². The average Bonchev–Trinajstić information content (AvgIpc) is 3.22. The molecule has 1 N–H and O–H groups in total. The van der Waals surface area contributed by atoms with Gasteiger partial charge in [-0.05, 0) is 30.5 Å². The van der Waals surface area contributed by atoms with Crippen molar-refractivity contribution in [2.75, 3.05) is 0 Å². The molecule has 3 rings (SSSR count). The van der Waals surface area contributed by atoms with E-state index < -0.39 is 0 Å². The number of nitrogens with zero attached hydrogens (tertiary/aromatic N) is 4. The topological polar surface area (TPSA) is 90.9 Å². The van der Waals surface area contributed by atoms with Crippen molar-refractivity contribution in [3.05, 3.63) is 62.8 Å². The van der Waals surface area contributed by atoms with Gasteiger partial charge in [-0.2, -0.15) is 0 Å². The molecule has 0 spiro atoms. The maximum Gasteiger partial charge on any atom is 0.332 e. The third kappa shape index (κ3) is 6.65. The van der Waals surface area contributed by atoms with Gasteiger partial charge >= 0.3 is 5.69 Å². The molecule has 8 nitrogen and oxygen atoms in total. The molecular weight excluding hydrogens is 437 g/mol. The monoisotopic (exact) mass is 471 g/mol. The number of carbonyl (C=O) groups is 1. The number of halogens is 1. The van der Waals surface area contributed by atoms with E-state index in [4.69, 9.17) is 0 Å². The molecule has 0 saturated carbocycles. The van der Waals surface area contributed by atoms with Gasteiger partial charge in [0.15, 0.2) is 11.2 Å². The summed E-state index contributed by atoms with van der Waals surface area (Å²) in [4.78, 5) is 41.2. The van der Waals surface area contributed by atoms with Crippen LogP contribution in [-0.4, -0.2) is 24.6 Å². The Morgan fingerprint density at radius 2 is 1.56 bits per heavy atom. The highest BCUT2D eigenvalue weighted by Gasteiger charge is 2.14. The molecule has 3 aromatic rings. The van der Waals surface area contributed by atoms with E-state index in [1.165, 1.54) is 21.3 Å². The van der Waals surface area contributed by atoms with Crippen LogP contribution in [0.4, 0.5) is 4.39 Å². The van der Waals surface area contributed by atoms with Crippen LogP contribution >= 0.6 is 0 Å². The number of rotatable bonds is 13. The highest BCUT2D eigenvalue weighted by molar-refractivity contribution is 5.75. The standard InChI is InChI=1S/C25H34FN5O3/c1-29-18-28-23-22(29)24(33)31(25(34)30(23)2)16-10-8-6-4-3-5-7-9-11-21(32)27-17-19-12-14-20(26)15-13-19/h12-15,18H,3-11,16-17H2,1-2H3,(H,27,32). The van der Waals surface area contributed by atoms with Crippen LogP contribution in [0.2, 0.25) is 0 Å². The minimum atomic E-state index is -0.321. The fourth-order valence-electron chi connectivity index (χ4n) is 4.10. The molecule has 0 aliphatic carbocycles. The van der Waals surface area contributed by atoms with Gasteiger partial charge in [0.25, 0.3) is 5.56 Å². The summed E-state index contributed by atoms with van der Waals surface area (Å²) >= 11 is 0. The molecule has 1 aromatic carbocycles. The smallest absolute Gasteiger partial charge is 0.332 e. The van der Waals surface area contributed by atoms with Crippen LogP contribution in [0.15, 0.2) is 40.2 Å². The Bertz CT molecular complexity index is 1210. The van der Waals surface area contributed by atoms with Gasteiger partial charge in [0, 0.05) is 33.6 Å². The molecule has 0 aliphatic heterocycles. The van der Waals surface area contributed by atoms with E-state index >= 15 is 0 Å². The lowest BCUT2D eigenvalue weighted by atomic mass is 10.1. The van der Waals surface area contributed by atoms with Crippen molar-refractivity contribution in [3.63, 3.8) is 0 Å². The molecule has 9 heteroatoms. The third-order valence-corrected chi connectivity index (χ3v) is 6.14. The summed E-state index contributed by atoms with van der Waals surface area (Å²) in [6.07, 6.45) is 10.0. The summed E-state index contributed by atoms with van der Waals surface area (Å²) in [5.41, 5.74) is 1.15. The number of aryl methyl sites for hydroxylation is 2. The molecule has 0 radical (unpaired) electrons. The molecule has 0 saturated heterocycles. The van der Waals surface area contributed by atoms with Crippen molar-refractivity contribution in [2.24, 2.45) is 14.1 Å². The van der Waals surface area contributed by atoms with Crippen LogP contribution in [-0.2, 0) is 32.0 Å². The van der Waals surface area contributed by atoms with Crippen LogP contribution in [0.1, 0.15) is 63.4 Å². The minimum Gasteiger partial charge on any atom is -0.352 e. The first-order valence-electron chi connectivity index (χ1n) is 12.0. The number of imidazole rings is 1. The Morgan fingerprint density at radius 3 is 2.24 bits per heavy atom. The molecule has 0 unspecified atom stereocenters. The normalized spacial score (nSPS) is 11.3. The number of hydrogen-bond acceptors (Lipinski definition) is 4. The molecule has 0 aliphatic rings. The third-order valence-electron chi connectivity index (χ3n) is 6.14. The number of hydrogen-bond donors (Lipinski definition) is 1. The van der Waals surface area contributed by atoms with Gasteiger partial charge in [0.1, 0.15) is 5.82 Å². The van der Waals surface area contributed by atoms with E-state index in [0.717, 1.165) is 56.9 Å². The number of aromatic nitrogens is 4. The van der Waals surface area contributed by atoms with E-state index in [2.05, 4.69) is 10.3 Å². The van der Waals surface area contributed by atoms with Crippen LogP contribution < -0.4 is 16.6 Å². The largest absolute Gasteiger partial charge is 0.352 e. The van der Waals surface area contributed by atoms with Gasteiger partial charge in [0.2, 0.25) is 5.91 Å². The Labute approximate surface area is 198 Å². The first-order chi connectivity index (χ1) is 16.4. The van der Waals surface area contributed by atoms with Gasteiger partial charge in [-0.3, -0.25) is 18.7 Å². The van der Waals surface area contributed by atoms with Crippen LogP contribution in [0.25, 0.3) is 11.2 Å². The molecular formula is C25H34FN5O3. The molecule has 34 heavy (non-hydrogen) atoms. The van der Waals surface area contributed by atoms with Crippen LogP contribution in [0.3, 0.4) is 0 Å². The first-order valence-corrected chi connectivity index (χ1v) is 12.0. The SMILES string of the molecule is Cn1cnc2c1c(=O)n(CCCCCCCCCCC(=O)NCc1ccc(F)cc1)c(=O)n2C. The number of fused-ring (bicyclic) bond motifs is 1. The zero-order valence-corrected chi connectivity index (χ0v) is 20.1. The molecule has 0 atom stereocenters. The summed E-state index contributed by atoms with van der Waals surface area (Å²) in [7, 11) is 3.40. The molecule has 2 heterocycles. The second-order valence-corrected chi connectivity index (χ2v) is 8.81. The molecule has 1 amide bonds. The van der Waals surface area contributed by atoms with Crippen molar-refractivity contribution in [3.8, 4) is 0 Å². The Balaban J connectivity index is 1.25. The van der Waals surface area contributed by atoms with E-state index in [-0.39, 0.29) is 23.0 Å². The van der Waals surface area contributed by atoms with Crippen LogP contribution in [0.5, 0.6) is 0 Å².